The lowest BCUT2D eigenvalue weighted by molar-refractivity contribution is 0.401. The minimum absolute atomic E-state index is 0.0507. The van der Waals surface area contributed by atoms with Crippen molar-refractivity contribution >= 4 is 21.6 Å². The second-order valence-electron chi connectivity index (χ2n) is 8.16. The van der Waals surface area contributed by atoms with Crippen LogP contribution in [-0.4, -0.2) is 12.7 Å². The Morgan fingerprint density at radius 2 is 1.38 bits per heavy atom. The van der Waals surface area contributed by atoms with Crippen LogP contribution in [0.3, 0.4) is 0 Å². The highest BCUT2D eigenvalue weighted by molar-refractivity contribution is 7.89. The van der Waals surface area contributed by atoms with E-state index in [1.54, 1.807) is 18.2 Å². The Morgan fingerprint density at radius 1 is 0.793 bits per heavy atom. The summed E-state index contributed by atoms with van der Waals surface area (Å²) < 4.78 is 28.3. The molecule has 0 spiro atoms. The van der Waals surface area contributed by atoms with Gasteiger partial charge in [-0.25, -0.2) is 8.42 Å². The molecule has 0 heterocycles. The second-order valence-corrected chi connectivity index (χ2v) is 10.5. The van der Waals surface area contributed by atoms with Gasteiger partial charge in [0.1, 0.15) is 0 Å². The Hall–Kier alpha value is -2.14. The molecule has 0 saturated carbocycles. The summed E-state index contributed by atoms with van der Waals surface area (Å²) in [6, 6.07) is 24.2. The minimum Gasteiger partial charge on any atom is -0.207 e. The van der Waals surface area contributed by atoms with Crippen molar-refractivity contribution in [3.05, 3.63) is 101 Å². The molecule has 0 unspecified atom stereocenters. The van der Waals surface area contributed by atoms with Crippen molar-refractivity contribution in [1.29, 1.82) is 0 Å². The van der Waals surface area contributed by atoms with Crippen LogP contribution in [0.1, 0.15) is 37.5 Å². The van der Waals surface area contributed by atoms with Crippen LogP contribution in [0.4, 0.5) is 0 Å². The van der Waals surface area contributed by atoms with Crippen LogP contribution in [0.15, 0.2) is 83.8 Å². The molecule has 3 rings (SSSR count). The van der Waals surface area contributed by atoms with E-state index in [9.17, 15) is 8.42 Å². The maximum Gasteiger partial charge on any atom is 0.243 e. The lowest BCUT2D eigenvalue weighted by Crippen LogP contribution is -2.30. The van der Waals surface area contributed by atoms with Crippen LogP contribution in [-0.2, 0) is 28.5 Å². The molecule has 0 amide bonds. The summed E-state index contributed by atoms with van der Waals surface area (Å²) in [6.07, 6.45) is 0. The van der Waals surface area contributed by atoms with Gasteiger partial charge in [0.05, 0.1) is 4.90 Å². The fourth-order valence-electron chi connectivity index (χ4n) is 3.10. The van der Waals surface area contributed by atoms with Gasteiger partial charge in [0.2, 0.25) is 10.0 Å². The zero-order valence-electron chi connectivity index (χ0n) is 17.0. The third-order valence-corrected chi connectivity index (χ3v) is 6.84. The quantitative estimate of drug-likeness (QED) is 0.481. The lowest BCUT2D eigenvalue weighted by Gasteiger charge is -2.24. The Bertz CT molecular complexity index is 1060. The highest BCUT2D eigenvalue weighted by Crippen LogP contribution is 2.26. The summed E-state index contributed by atoms with van der Waals surface area (Å²) in [4.78, 5) is 0.201. The maximum atomic E-state index is 13.4. The zero-order valence-corrected chi connectivity index (χ0v) is 18.5. The first-order chi connectivity index (χ1) is 13.7. The van der Waals surface area contributed by atoms with Crippen molar-refractivity contribution in [3.63, 3.8) is 0 Å². The number of benzene rings is 3. The average molecular weight is 428 g/mol. The van der Waals surface area contributed by atoms with Gasteiger partial charge < -0.3 is 0 Å². The fourth-order valence-corrected chi connectivity index (χ4v) is 4.82. The number of sulfonamides is 1. The largest absolute Gasteiger partial charge is 0.243 e. The molecule has 3 aromatic rings. The van der Waals surface area contributed by atoms with Crippen LogP contribution in [0.2, 0.25) is 5.02 Å². The van der Waals surface area contributed by atoms with Gasteiger partial charge in [0, 0.05) is 18.1 Å². The van der Waals surface area contributed by atoms with Gasteiger partial charge in [-0.05, 0) is 40.3 Å². The normalized spacial score (nSPS) is 12.3. The summed E-state index contributed by atoms with van der Waals surface area (Å²) in [5.74, 6) is 0. The Balaban J connectivity index is 1.95. The molecule has 5 heteroatoms. The highest BCUT2D eigenvalue weighted by Gasteiger charge is 2.25. The first-order valence-electron chi connectivity index (χ1n) is 9.55. The van der Waals surface area contributed by atoms with Crippen LogP contribution >= 0.6 is 11.6 Å². The topological polar surface area (TPSA) is 37.4 Å². The Labute approximate surface area is 179 Å². The van der Waals surface area contributed by atoms with Gasteiger partial charge in [0.25, 0.3) is 0 Å². The summed E-state index contributed by atoms with van der Waals surface area (Å²) in [6.45, 7) is 7.05. The first kappa shape index (κ1) is 21.6. The number of nitrogens with zero attached hydrogens (tertiary/aromatic N) is 1. The Morgan fingerprint density at radius 3 is 1.93 bits per heavy atom. The third kappa shape index (κ3) is 5.47. The molecule has 29 heavy (non-hydrogen) atoms. The molecular weight excluding hydrogens is 402 g/mol. The predicted octanol–water partition coefficient (Wildman–Crippen LogP) is 6.03. The predicted molar refractivity (Wildman–Crippen MR) is 119 cm³/mol. The highest BCUT2D eigenvalue weighted by atomic mass is 35.5. The fraction of sp³-hybridized carbons (Fsp3) is 0.250. The number of rotatable bonds is 6. The molecular formula is C24H26ClNO2S. The van der Waals surface area contributed by atoms with Crippen molar-refractivity contribution in [2.24, 2.45) is 0 Å². The molecule has 152 valence electrons. The molecule has 0 N–H and O–H groups in total. The van der Waals surface area contributed by atoms with E-state index in [0.29, 0.717) is 5.02 Å². The average Bonchev–Trinajstić information content (AvgIpc) is 2.68. The molecule has 0 aliphatic rings. The van der Waals surface area contributed by atoms with E-state index in [0.717, 1.165) is 11.1 Å². The summed E-state index contributed by atoms with van der Waals surface area (Å²) in [5.41, 5.74) is 3.15. The van der Waals surface area contributed by atoms with E-state index >= 15 is 0 Å². The van der Waals surface area contributed by atoms with Gasteiger partial charge in [-0.15, -0.1) is 0 Å². The SMILES string of the molecule is CC(C)(C)c1ccc(CN(Cc2ccccc2)S(=O)(=O)c2cccc(Cl)c2)cc1. The van der Waals surface area contributed by atoms with Gasteiger partial charge in [0.15, 0.2) is 0 Å². The van der Waals surface area contributed by atoms with Crippen molar-refractivity contribution in [1.82, 2.24) is 4.31 Å². The molecule has 0 saturated heterocycles. The molecule has 0 radical (unpaired) electrons. The number of hydrogen-bond acceptors (Lipinski definition) is 2. The van der Waals surface area contributed by atoms with Crippen LogP contribution < -0.4 is 0 Å². The molecule has 0 aliphatic carbocycles. The standard InChI is InChI=1S/C24H26ClNO2S/c1-24(2,3)21-14-12-20(13-15-21)18-26(17-19-8-5-4-6-9-19)29(27,28)23-11-7-10-22(25)16-23/h4-16H,17-18H2,1-3H3. The lowest BCUT2D eigenvalue weighted by atomic mass is 9.87. The van der Waals surface area contributed by atoms with Gasteiger partial charge in [-0.1, -0.05) is 93.0 Å². The van der Waals surface area contributed by atoms with E-state index in [2.05, 4.69) is 32.9 Å². The van der Waals surface area contributed by atoms with Crippen LogP contribution in [0.25, 0.3) is 0 Å². The van der Waals surface area contributed by atoms with Gasteiger partial charge >= 0.3 is 0 Å². The summed E-state index contributed by atoms with van der Waals surface area (Å²) in [7, 11) is -3.71. The maximum absolute atomic E-state index is 13.4. The molecule has 3 nitrogen and oxygen atoms in total. The van der Waals surface area contributed by atoms with Gasteiger partial charge in [-0.2, -0.15) is 4.31 Å². The molecule has 0 atom stereocenters. The molecule has 0 fully saturated rings. The van der Waals surface area contributed by atoms with Crippen LogP contribution in [0.5, 0.6) is 0 Å². The molecule has 0 aromatic heterocycles. The monoisotopic (exact) mass is 427 g/mol. The van der Waals surface area contributed by atoms with Gasteiger partial charge in [-0.3, -0.25) is 0 Å². The zero-order chi connectivity index (χ0) is 21.1. The van der Waals surface area contributed by atoms with Crippen molar-refractivity contribution in [2.45, 2.75) is 44.2 Å². The first-order valence-corrected chi connectivity index (χ1v) is 11.4. The number of halogens is 1. The number of hydrogen-bond donors (Lipinski definition) is 0. The van der Waals surface area contributed by atoms with E-state index < -0.39 is 10.0 Å². The Kier molecular flexibility index (Phi) is 6.47. The molecule has 0 bridgehead atoms. The van der Waals surface area contributed by atoms with E-state index in [-0.39, 0.29) is 23.4 Å². The van der Waals surface area contributed by atoms with E-state index in [4.69, 9.17) is 11.6 Å². The third-order valence-electron chi connectivity index (χ3n) is 4.81. The van der Waals surface area contributed by atoms with Crippen molar-refractivity contribution in [3.8, 4) is 0 Å². The van der Waals surface area contributed by atoms with E-state index in [1.165, 1.54) is 15.9 Å². The second kappa shape index (κ2) is 8.70. The van der Waals surface area contributed by atoms with E-state index in [1.807, 2.05) is 42.5 Å². The minimum atomic E-state index is -3.71. The van der Waals surface area contributed by atoms with Crippen molar-refractivity contribution in [2.75, 3.05) is 0 Å². The summed E-state index contributed by atoms with van der Waals surface area (Å²) in [5, 5.41) is 0.403. The van der Waals surface area contributed by atoms with Crippen molar-refractivity contribution < 1.29 is 8.42 Å². The molecule has 3 aromatic carbocycles. The summed E-state index contributed by atoms with van der Waals surface area (Å²) >= 11 is 6.05. The smallest absolute Gasteiger partial charge is 0.207 e. The van der Waals surface area contributed by atoms with Crippen LogP contribution in [0, 0.1) is 0 Å². The molecule has 0 aliphatic heterocycles.